The van der Waals surface area contributed by atoms with Gasteiger partial charge in [0.05, 0.1) is 11.7 Å². The summed E-state index contributed by atoms with van der Waals surface area (Å²) in [7, 11) is 0. The lowest BCUT2D eigenvalue weighted by Crippen LogP contribution is -2.33. The molecule has 0 saturated carbocycles. The van der Waals surface area contributed by atoms with Crippen LogP contribution in [0, 0.1) is 0 Å². The van der Waals surface area contributed by atoms with Crippen molar-refractivity contribution in [3.8, 4) is 0 Å². The van der Waals surface area contributed by atoms with Crippen molar-refractivity contribution in [1.82, 2.24) is 10.3 Å². The van der Waals surface area contributed by atoms with Gasteiger partial charge in [0.15, 0.2) is 0 Å². The second kappa shape index (κ2) is 5.56. The number of hydrogen-bond donors (Lipinski definition) is 2. The van der Waals surface area contributed by atoms with Crippen LogP contribution < -0.4 is 5.32 Å². The van der Waals surface area contributed by atoms with Crippen LogP contribution >= 0.6 is 0 Å². The van der Waals surface area contributed by atoms with Gasteiger partial charge < -0.3 is 10.3 Å². The predicted octanol–water partition coefficient (Wildman–Crippen LogP) is 2.98. The van der Waals surface area contributed by atoms with Crippen LogP contribution in [-0.2, 0) is 6.42 Å². The van der Waals surface area contributed by atoms with E-state index in [2.05, 4.69) is 65.0 Å². The monoisotopic (exact) mass is 316 g/mol. The summed E-state index contributed by atoms with van der Waals surface area (Å²) < 4.78 is 0. The average molecular weight is 316 g/mol. The Morgan fingerprint density at radius 2 is 1.79 bits per heavy atom. The molecule has 4 aliphatic rings. The standard InChI is InChI=1S/C20H20N4/c1-2-14-10-16-5-6-18(23-16)12-20-8-7-19(24-20)11-17-4-3-15(22-17)9-13(1)21-14/h1-9,16,18-19,21,23H,10-12H2. The van der Waals surface area contributed by atoms with E-state index < -0.39 is 0 Å². The summed E-state index contributed by atoms with van der Waals surface area (Å²) >= 11 is 0. The third-order valence-corrected chi connectivity index (χ3v) is 4.92. The quantitative estimate of drug-likeness (QED) is 0.710. The Morgan fingerprint density at radius 3 is 2.75 bits per heavy atom. The Balaban J connectivity index is 1.48. The van der Waals surface area contributed by atoms with Gasteiger partial charge in [-0.3, -0.25) is 9.98 Å². The molecule has 4 aliphatic heterocycles. The summed E-state index contributed by atoms with van der Waals surface area (Å²) in [4.78, 5) is 13.1. The minimum Gasteiger partial charge on any atom is -0.359 e. The zero-order valence-electron chi connectivity index (χ0n) is 13.4. The van der Waals surface area contributed by atoms with Gasteiger partial charge in [0.25, 0.3) is 0 Å². The molecule has 0 aliphatic carbocycles. The molecule has 3 atom stereocenters. The molecule has 0 amide bonds. The molecule has 4 nitrogen and oxygen atoms in total. The van der Waals surface area contributed by atoms with Crippen molar-refractivity contribution in [2.45, 2.75) is 37.4 Å². The van der Waals surface area contributed by atoms with E-state index >= 15 is 0 Å². The molecular weight excluding hydrogens is 296 g/mol. The lowest BCUT2D eigenvalue weighted by Gasteiger charge is -2.14. The van der Waals surface area contributed by atoms with E-state index in [9.17, 15) is 0 Å². The highest BCUT2D eigenvalue weighted by molar-refractivity contribution is 6.02. The molecule has 0 saturated heterocycles. The van der Waals surface area contributed by atoms with E-state index in [1.165, 1.54) is 11.4 Å². The predicted molar refractivity (Wildman–Crippen MR) is 98.5 cm³/mol. The van der Waals surface area contributed by atoms with Gasteiger partial charge in [-0.25, -0.2) is 0 Å². The van der Waals surface area contributed by atoms with Crippen LogP contribution in [0.15, 0.2) is 64.3 Å². The number of nitrogens with zero attached hydrogens (tertiary/aromatic N) is 2. The third kappa shape index (κ3) is 2.74. The first-order valence-corrected chi connectivity index (χ1v) is 8.65. The Morgan fingerprint density at radius 1 is 0.875 bits per heavy atom. The first-order chi connectivity index (χ1) is 11.8. The van der Waals surface area contributed by atoms with Gasteiger partial charge in [-0.05, 0) is 36.4 Å². The normalized spacial score (nSPS) is 30.5. The highest BCUT2D eigenvalue weighted by Gasteiger charge is 2.22. The molecule has 5 heterocycles. The molecule has 4 heteroatoms. The highest BCUT2D eigenvalue weighted by atomic mass is 15.0. The van der Waals surface area contributed by atoms with Gasteiger partial charge in [-0.2, -0.15) is 0 Å². The van der Waals surface area contributed by atoms with E-state index in [1.807, 2.05) is 0 Å². The Kier molecular flexibility index (Phi) is 3.23. The lowest BCUT2D eigenvalue weighted by molar-refractivity contribution is 0.569. The largest absolute Gasteiger partial charge is 0.359 e. The minimum absolute atomic E-state index is 0.230. The van der Waals surface area contributed by atoms with Crippen molar-refractivity contribution in [3.63, 3.8) is 0 Å². The Hall–Kier alpha value is -2.46. The van der Waals surface area contributed by atoms with Crippen molar-refractivity contribution in [2.24, 2.45) is 9.98 Å². The average Bonchev–Trinajstić information content (AvgIpc) is 3.32. The maximum absolute atomic E-state index is 4.86. The van der Waals surface area contributed by atoms with E-state index in [0.29, 0.717) is 12.1 Å². The van der Waals surface area contributed by atoms with Crippen molar-refractivity contribution in [2.75, 3.05) is 0 Å². The van der Waals surface area contributed by atoms with Crippen molar-refractivity contribution < 1.29 is 0 Å². The summed E-state index contributed by atoms with van der Waals surface area (Å²) in [6.45, 7) is 0. The van der Waals surface area contributed by atoms with Gasteiger partial charge in [0.2, 0.25) is 0 Å². The van der Waals surface area contributed by atoms with E-state index in [4.69, 9.17) is 9.98 Å². The molecule has 0 fully saturated rings. The second-order valence-electron chi connectivity index (χ2n) is 6.87. The first-order valence-electron chi connectivity index (χ1n) is 8.65. The number of rotatable bonds is 0. The molecule has 0 spiro atoms. The van der Waals surface area contributed by atoms with Gasteiger partial charge in [0.1, 0.15) is 0 Å². The van der Waals surface area contributed by atoms with Gasteiger partial charge in [-0.15, -0.1) is 0 Å². The smallest absolute Gasteiger partial charge is 0.0742 e. The maximum atomic E-state index is 4.86. The number of aliphatic imine (C=N–C) groups is 2. The summed E-state index contributed by atoms with van der Waals surface area (Å²) in [5, 5.41) is 3.69. The topological polar surface area (TPSA) is 52.5 Å². The van der Waals surface area contributed by atoms with Crippen LogP contribution in [0.3, 0.4) is 0 Å². The minimum atomic E-state index is 0.230. The van der Waals surface area contributed by atoms with Gasteiger partial charge in [0, 0.05) is 54.2 Å². The SMILES string of the molecule is C1=CC2=NC1=Cc1ccc([nH]1)CC1C=CC(CC3=NC(C=C3)C2)N1. The number of allylic oxidation sites excluding steroid dienone is 3. The fourth-order valence-electron chi connectivity index (χ4n) is 3.78. The molecule has 5 rings (SSSR count). The number of nitrogens with one attached hydrogen (secondary N) is 2. The Bertz CT molecular complexity index is 847. The van der Waals surface area contributed by atoms with Crippen LogP contribution in [0.1, 0.15) is 24.2 Å². The number of aromatic amines is 1. The molecule has 1 aromatic rings. The molecule has 0 aromatic carbocycles. The number of fused-ring (bicyclic) bond motifs is 6. The van der Waals surface area contributed by atoms with Crippen LogP contribution in [-0.4, -0.2) is 34.5 Å². The van der Waals surface area contributed by atoms with Gasteiger partial charge in [-0.1, -0.05) is 18.2 Å². The zero-order valence-corrected chi connectivity index (χ0v) is 13.4. The molecule has 1 aromatic heterocycles. The molecule has 2 N–H and O–H groups in total. The maximum Gasteiger partial charge on any atom is 0.0742 e. The molecule has 120 valence electrons. The second-order valence-corrected chi connectivity index (χ2v) is 6.87. The number of hydrogen-bond acceptors (Lipinski definition) is 3. The highest BCUT2D eigenvalue weighted by Crippen LogP contribution is 2.21. The van der Waals surface area contributed by atoms with E-state index in [0.717, 1.165) is 36.4 Å². The van der Waals surface area contributed by atoms with Crippen molar-refractivity contribution in [1.29, 1.82) is 0 Å². The summed E-state index contributed by atoms with van der Waals surface area (Å²) in [5.41, 5.74) is 5.67. The van der Waals surface area contributed by atoms with Crippen LogP contribution in [0.25, 0.3) is 6.08 Å². The molecule has 3 unspecified atom stereocenters. The van der Waals surface area contributed by atoms with Crippen molar-refractivity contribution >= 4 is 17.5 Å². The van der Waals surface area contributed by atoms with Crippen LogP contribution in [0.5, 0.6) is 0 Å². The third-order valence-electron chi connectivity index (χ3n) is 4.92. The number of aromatic nitrogens is 1. The Labute approximate surface area is 141 Å². The fourth-order valence-corrected chi connectivity index (χ4v) is 3.78. The molecule has 0 radical (unpaired) electrons. The fraction of sp³-hybridized carbons (Fsp3) is 0.300. The van der Waals surface area contributed by atoms with Crippen LogP contribution in [0.2, 0.25) is 0 Å². The zero-order chi connectivity index (χ0) is 15.9. The van der Waals surface area contributed by atoms with E-state index in [1.54, 1.807) is 0 Å². The number of H-pyrrole nitrogens is 1. The molecule has 24 heavy (non-hydrogen) atoms. The summed E-state index contributed by atoms with van der Waals surface area (Å²) in [6.07, 6.45) is 18.1. The summed E-state index contributed by atoms with van der Waals surface area (Å²) in [5.74, 6) is 0. The molecule has 8 bridgehead atoms. The first kappa shape index (κ1) is 13.9. The van der Waals surface area contributed by atoms with Gasteiger partial charge >= 0.3 is 0 Å². The summed E-state index contributed by atoms with van der Waals surface area (Å²) in [6, 6.07) is 5.31. The lowest BCUT2D eigenvalue weighted by atomic mass is 10.1. The van der Waals surface area contributed by atoms with Crippen LogP contribution in [0.4, 0.5) is 0 Å². The van der Waals surface area contributed by atoms with Crippen molar-refractivity contribution in [3.05, 3.63) is 65.7 Å². The molecular formula is C20H20N4. The van der Waals surface area contributed by atoms with E-state index in [-0.39, 0.29) is 6.04 Å².